The second-order valence-electron chi connectivity index (χ2n) is 7.20. The molecule has 7 nitrogen and oxygen atoms in total. The van der Waals surface area contributed by atoms with Gasteiger partial charge in [0.2, 0.25) is 0 Å². The van der Waals surface area contributed by atoms with Crippen molar-refractivity contribution >= 4 is 17.4 Å². The monoisotopic (exact) mass is 397 g/mol. The van der Waals surface area contributed by atoms with Gasteiger partial charge in [-0.15, -0.1) is 0 Å². The Kier molecular flexibility index (Phi) is 7.27. The summed E-state index contributed by atoms with van der Waals surface area (Å²) in [5.74, 6) is 1.70. The highest BCUT2D eigenvalue weighted by Gasteiger charge is 2.22. The number of nitrogens with zero attached hydrogens (tertiary/aromatic N) is 5. The number of rotatable bonds is 8. The summed E-state index contributed by atoms with van der Waals surface area (Å²) in [5.41, 5.74) is 1.59. The summed E-state index contributed by atoms with van der Waals surface area (Å²) in [7, 11) is 1.70. The first kappa shape index (κ1) is 20.9. The van der Waals surface area contributed by atoms with E-state index in [1.54, 1.807) is 7.11 Å². The molecule has 1 saturated heterocycles. The molecule has 0 N–H and O–H groups in total. The molecule has 0 saturated carbocycles. The van der Waals surface area contributed by atoms with Crippen LogP contribution in [0, 0.1) is 0 Å². The standard InChI is InChI=1S/C22H31N5O2/c1-4-10-27(11-5-2)22(28)18-16-21(24-17-23-18)26-14-12-25(13-15-26)19-8-6-7-9-20(19)29-3/h6-9,16-17H,4-5,10-15H2,1-3H3. The zero-order valence-electron chi connectivity index (χ0n) is 17.7. The van der Waals surface area contributed by atoms with Gasteiger partial charge in [0.1, 0.15) is 23.6 Å². The highest BCUT2D eigenvalue weighted by atomic mass is 16.5. The van der Waals surface area contributed by atoms with Crippen LogP contribution in [0.3, 0.4) is 0 Å². The van der Waals surface area contributed by atoms with Gasteiger partial charge in [-0.3, -0.25) is 4.79 Å². The number of para-hydroxylation sites is 2. The van der Waals surface area contributed by atoms with E-state index in [9.17, 15) is 4.79 Å². The lowest BCUT2D eigenvalue weighted by Gasteiger charge is -2.37. The Bertz CT molecular complexity index is 799. The molecule has 29 heavy (non-hydrogen) atoms. The van der Waals surface area contributed by atoms with E-state index in [0.29, 0.717) is 5.69 Å². The first-order valence-corrected chi connectivity index (χ1v) is 10.4. The van der Waals surface area contributed by atoms with Crippen LogP contribution in [0.1, 0.15) is 37.2 Å². The van der Waals surface area contributed by atoms with Crippen molar-refractivity contribution in [1.82, 2.24) is 14.9 Å². The Morgan fingerprint density at radius 3 is 2.34 bits per heavy atom. The van der Waals surface area contributed by atoms with Crippen LogP contribution in [0.25, 0.3) is 0 Å². The summed E-state index contributed by atoms with van der Waals surface area (Å²) >= 11 is 0. The van der Waals surface area contributed by atoms with Gasteiger partial charge in [0.05, 0.1) is 12.8 Å². The van der Waals surface area contributed by atoms with Crippen LogP contribution in [0.5, 0.6) is 5.75 Å². The number of aromatic nitrogens is 2. The number of carbonyl (C=O) groups excluding carboxylic acids is 1. The molecule has 1 aliphatic rings. The first-order chi connectivity index (χ1) is 14.2. The third-order valence-electron chi connectivity index (χ3n) is 5.18. The zero-order chi connectivity index (χ0) is 20.6. The molecule has 1 aromatic carbocycles. The third-order valence-corrected chi connectivity index (χ3v) is 5.18. The predicted octanol–water partition coefficient (Wildman–Crippen LogP) is 3.07. The summed E-state index contributed by atoms with van der Waals surface area (Å²) in [6, 6.07) is 9.93. The molecule has 2 heterocycles. The Labute approximate surface area is 173 Å². The number of amides is 1. The van der Waals surface area contributed by atoms with E-state index in [4.69, 9.17) is 4.74 Å². The summed E-state index contributed by atoms with van der Waals surface area (Å²) in [4.78, 5) is 28.0. The van der Waals surface area contributed by atoms with Crippen LogP contribution in [0.4, 0.5) is 11.5 Å². The molecule has 7 heteroatoms. The smallest absolute Gasteiger partial charge is 0.272 e. The topological polar surface area (TPSA) is 61.8 Å². The van der Waals surface area contributed by atoms with Crippen molar-refractivity contribution in [2.75, 3.05) is 56.2 Å². The third kappa shape index (κ3) is 4.96. The Morgan fingerprint density at radius 2 is 1.69 bits per heavy atom. The van der Waals surface area contributed by atoms with E-state index in [2.05, 4.69) is 39.7 Å². The van der Waals surface area contributed by atoms with Crippen LogP contribution in [-0.2, 0) is 0 Å². The van der Waals surface area contributed by atoms with Gasteiger partial charge in [-0.1, -0.05) is 26.0 Å². The average molecular weight is 398 g/mol. The van der Waals surface area contributed by atoms with Gasteiger partial charge in [-0.05, 0) is 25.0 Å². The molecule has 3 rings (SSSR count). The number of carbonyl (C=O) groups is 1. The van der Waals surface area contributed by atoms with Crippen LogP contribution in [0.2, 0.25) is 0 Å². The minimum Gasteiger partial charge on any atom is -0.495 e. The molecule has 1 aliphatic heterocycles. The molecule has 0 unspecified atom stereocenters. The van der Waals surface area contributed by atoms with Gasteiger partial charge in [-0.25, -0.2) is 9.97 Å². The number of anilines is 2. The molecular weight excluding hydrogens is 366 g/mol. The number of hydrogen-bond acceptors (Lipinski definition) is 6. The van der Waals surface area contributed by atoms with Gasteiger partial charge in [0, 0.05) is 45.3 Å². The average Bonchev–Trinajstić information content (AvgIpc) is 2.78. The van der Waals surface area contributed by atoms with Gasteiger partial charge in [0.15, 0.2) is 0 Å². The first-order valence-electron chi connectivity index (χ1n) is 10.4. The summed E-state index contributed by atoms with van der Waals surface area (Å²) in [6.45, 7) is 9.07. The predicted molar refractivity (Wildman–Crippen MR) is 116 cm³/mol. The Balaban J connectivity index is 1.68. The highest BCUT2D eigenvalue weighted by molar-refractivity contribution is 5.93. The molecule has 0 atom stereocenters. The van der Waals surface area contributed by atoms with Crippen molar-refractivity contribution in [1.29, 1.82) is 0 Å². The molecule has 1 aromatic heterocycles. The largest absolute Gasteiger partial charge is 0.495 e. The van der Waals surface area contributed by atoms with Crippen LogP contribution in [0.15, 0.2) is 36.7 Å². The fourth-order valence-electron chi connectivity index (χ4n) is 3.72. The number of piperazine rings is 1. The number of ether oxygens (including phenoxy) is 1. The fraction of sp³-hybridized carbons (Fsp3) is 0.500. The quantitative estimate of drug-likeness (QED) is 0.682. The normalized spacial score (nSPS) is 14.0. The van der Waals surface area contributed by atoms with Crippen LogP contribution >= 0.6 is 0 Å². The summed E-state index contributed by atoms with van der Waals surface area (Å²) in [6.07, 6.45) is 3.38. The van der Waals surface area contributed by atoms with Crippen molar-refractivity contribution in [3.8, 4) is 5.75 Å². The van der Waals surface area contributed by atoms with E-state index in [1.165, 1.54) is 6.33 Å². The fourth-order valence-corrected chi connectivity index (χ4v) is 3.72. The molecule has 0 aliphatic carbocycles. The molecule has 156 valence electrons. The number of hydrogen-bond donors (Lipinski definition) is 0. The zero-order valence-corrected chi connectivity index (χ0v) is 17.7. The van der Waals surface area contributed by atoms with E-state index in [-0.39, 0.29) is 5.91 Å². The lowest BCUT2D eigenvalue weighted by molar-refractivity contribution is 0.0749. The van der Waals surface area contributed by atoms with Gasteiger partial charge >= 0.3 is 0 Å². The Morgan fingerprint density at radius 1 is 1.03 bits per heavy atom. The Hall–Kier alpha value is -2.83. The summed E-state index contributed by atoms with van der Waals surface area (Å²) < 4.78 is 5.50. The second kappa shape index (κ2) is 10.1. The van der Waals surface area contributed by atoms with Gasteiger partial charge in [-0.2, -0.15) is 0 Å². The highest BCUT2D eigenvalue weighted by Crippen LogP contribution is 2.29. The maximum Gasteiger partial charge on any atom is 0.272 e. The maximum atomic E-state index is 12.9. The SMILES string of the molecule is CCCN(CCC)C(=O)c1cc(N2CCN(c3ccccc3OC)CC2)ncn1. The van der Waals surface area contributed by atoms with Crippen molar-refractivity contribution in [2.24, 2.45) is 0 Å². The van der Waals surface area contributed by atoms with E-state index < -0.39 is 0 Å². The van der Waals surface area contributed by atoms with Crippen molar-refractivity contribution in [2.45, 2.75) is 26.7 Å². The maximum absolute atomic E-state index is 12.9. The van der Waals surface area contributed by atoms with Crippen molar-refractivity contribution in [3.05, 3.63) is 42.4 Å². The summed E-state index contributed by atoms with van der Waals surface area (Å²) in [5, 5.41) is 0. The van der Waals surface area contributed by atoms with Crippen LogP contribution in [-0.4, -0.2) is 67.2 Å². The van der Waals surface area contributed by atoms with Crippen molar-refractivity contribution in [3.63, 3.8) is 0 Å². The van der Waals surface area contributed by atoms with Crippen LogP contribution < -0.4 is 14.5 Å². The van der Waals surface area contributed by atoms with E-state index >= 15 is 0 Å². The lowest BCUT2D eigenvalue weighted by atomic mass is 10.2. The minimum atomic E-state index is -0.00925. The lowest BCUT2D eigenvalue weighted by Crippen LogP contribution is -2.47. The number of methoxy groups -OCH3 is 1. The molecular formula is C22H31N5O2. The van der Waals surface area contributed by atoms with Gasteiger partial charge in [0.25, 0.3) is 5.91 Å². The minimum absolute atomic E-state index is 0.00925. The molecule has 0 bridgehead atoms. The van der Waals surface area contributed by atoms with E-state index in [0.717, 1.165) is 69.4 Å². The molecule has 1 amide bonds. The second-order valence-corrected chi connectivity index (χ2v) is 7.20. The number of benzene rings is 1. The molecule has 0 spiro atoms. The molecule has 1 fully saturated rings. The van der Waals surface area contributed by atoms with Gasteiger partial charge < -0.3 is 19.4 Å². The molecule has 2 aromatic rings. The van der Waals surface area contributed by atoms with E-state index in [1.807, 2.05) is 29.2 Å². The molecule has 0 radical (unpaired) electrons. The van der Waals surface area contributed by atoms with Crippen molar-refractivity contribution < 1.29 is 9.53 Å².